The van der Waals surface area contributed by atoms with Crippen LogP contribution in [0.1, 0.15) is 38.3 Å². The third kappa shape index (κ3) is 7.13. The molecule has 0 saturated carbocycles. The van der Waals surface area contributed by atoms with E-state index in [0.29, 0.717) is 11.4 Å². The third-order valence-corrected chi connectivity index (χ3v) is 4.51. The molecule has 0 heterocycles. The fraction of sp³-hybridized carbons (Fsp3) is 0.533. The first-order chi connectivity index (χ1) is 10.2. The molecule has 5 nitrogen and oxygen atoms in total. The Bertz CT molecular complexity index is 587. The van der Waals surface area contributed by atoms with Crippen LogP contribution in [0.3, 0.4) is 0 Å². The maximum atomic E-state index is 12.0. The number of carbonyl (C=O) groups excluding carboxylic acids is 1. The van der Waals surface area contributed by atoms with Crippen molar-refractivity contribution in [2.45, 2.75) is 38.8 Å². The first-order valence-electron chi connectivity index (χ1n) is 7.21. The lowest BCUT2D eigenvalue weighted by Crippen LogP contribution is -2.42. The lowest BCUT2D eigenvalue weighted by atomic mass is 10.1. The molecule has 0 saturated heterocycles. The summed E-state index contributed by atoms with van der Waals surface area (Å²) in [6.07, 6.45) is 2.32. The first-order valence-corrected chi connectivity index (χ1v) is 9.65. The van der Waals surface area contributed by atoms with Crippen molar-refractivity contribution in [3.63, 3.8) is 0 Å². The predicted molar refractivity (Wildman–Crippen MR) is 89.9 cm³/mol. The average molecular weight is 347 g/mol. The molecular formula is C15H23ClN2O3S. The second kappa shape index (κ2) is 8.39. The van der Waals surface area contributed by atoms with Crippen LogP contribution in [0, 0.1) is 0 Å². The number of hydrogen-bond donors (Lipinski definition) is 2. The fourth-order valence-electron chi connectivity index (χ4n) is 2.00. The highest BCUT2D eigenvalue weighted by molar-refractivity contribution is 7.90. The van der Waals surface area contributed by atoms with Crippen LogP contribution in [0.4, 0.5) is 4.79 Å². The minimum atomic E-state index is -3.01. The molecule has 0 aliphatic rings. The fourth-order valence-corrected chi connectivity index (χ4v) is 2.91. The largest absolute Gasteiger partial charge is 0.336 e. The molecule has 0 aromatic heterocycles. The van der Waals surface area contributed by atoms with Crippen molar-refractivity contribution in [1.82, 2.24) is 10.6 Å². The molecule has 0 unspecified atom stereocenters. The van der Waals surface area contributed by atoms with Crippen molar-refractivity contribution in [3.8, 4) is 0 Å². The van der Waals surface area contributed by atoms with E-state index in [1.54, 1.807) is 19.1 Å². The van der Waals surface area contributed by atoms with Crippen LogP contribution in [0.2, 0.25) is 5.02 Å². The van der Waals surface area contributed by atoms with Gasteiger partial charge < -0.3 is 10.6 Å². The Labute approximate surface area is 137 Å². The highest BCUT2D eigenvalue weighted by Gasteiger charge is 2.15. The Morgan fingerprint density at radius 2 is 1.82 bits per heavy atom. The molecule has 2 atom stereocenters. The average Bonchev–Trinajstić information content (AvgIpc) is 2.43. The lowest BCUT2D eigenvalue weighted by Gasteiger charge is -2.20. The molecule has 1 rings (SSSR count). The molecule has 2 amide bonds. The molecule has 1 aromatic carbocycles. The molecule has 0 aliphatic heterocycles. The van der Waals surface area contributed by atoms with Crippen LogP contribution in [0.25, 0.3) is 0 Å². The van der Waals surface area contributed by atoms with Crippen LogP contribution in [0.5, 0.6) is 0 Å². The van der Waals surface area contributed by atoms with Gasteiger partial charge in [0.1, 0.15) is 9.84 Å². The quantitative estimate of drug-likeness (QED) is 0.797. The van der Waals surface area contributed by atoms with Crippen LogP contribution >= 0.6 is 11.6 Å². The predicted octanol–water partition coefficient (Wildman–Crippen LogP) is 2.91. The summed E-state index contributed by atoms with van der Waals surface area (Å²) in [5.41, 5.74) is 0.978. The smallest absolute Gasteiger partial charge is 0.315 e. The van der Waals surface area contributed by atoms with Gasteiger partial charge in [0.15, 0.2) is 0 Å². The van der Waals surface area contributed by atoms with Gasteiger partial charge in [0.05, 0.1) is 11.8 Å². The topological polar surface area (TPSA) is 75.3 Å². The number of rotatable bonds is 7. The summed E-state index contributed by atoms with van der Waals surface area (Å²) < 4.78 is 22.2. The monoisotopic (exact) mass is 346 g/mol. The number of hydrogen-bond acceptors (Lipinski definition) is 3. The van der Waals surface area contributed by atoms with Crippen LogP contribution < -0.4 is 10.6 Å². The van der Waals surface area contributed by atoms with Gasteiger partial charge in [-0.15, -0.1) is 0 Å². The van der Waals surface area contributed by atoms with Gasteiger partial charge >= 0.3 is 6.03 Å². The van der Waals surface area contributed by atoms with E-state index in [0.717, 1.165) is 12.0 Å². The summed E-state index contributed by atoms with van der Waals surface area (Å²) in [7, 11) is -3.01. The highest BCUT2D eigenvalue weighted by Crippen LogP contribution is 2.19. The number of benzene rings is 1. The Morgan fingerprint density at radius 3 is 2.32 bits per heavy atom. The summed E-state index contributed by atoms with van der Waals surface area (Å²) in [6, 6.07) is 6.70. The minimum absolute atomic E-state index is 0.0584. The van der Waals surface area contributed by atoms with E-state index < -0.39 is 9.84 Å². The number of nitrogens with one attached hydrogen (secondary N) is 2. The molecular weight excluding hydrogens is 324 g/mol. The van der Waals surface area contributed by atoms with Gasteiger partial charge in [-0.3, -0.25) is 0 Å². The van der Waals surface area contributed by atoms with Gasteiger partial charge in [-0.05, 0) is 37.5 Å². The van der Waals surface area contributed by atoms with E-state index in [1.807, 2.05) is 19.1 Å². The van der Waals surface area contributed by atoms with Gasteiger partial charge in [0.25, 0.3) is 0 Å². The normalized spacial score (nSPS) is 14.2. The molecule has 1 aromatic rings. The summed E-state index contributed by atoms with van der Waals surface area (Å²) in [5, 5.41) is 6.30. The lowest BCUT2D eigenvalue weighted by molar-refractivity contribution is 0.233. The number of amides is 2. The van der Waals surface area contributed by atoms with Crippen molar-refractivity contribution >= 4 is 27.5 Å². The van der Waals surface area contributed by atoms with E-state index >= 15 is 0 Å². The molecule has 2 N–H and O–H groups in total. The molecule has 22 heavy (non-hydrogen) atoms. The van der Waals surface area contributed by atoms with Gasteiger partial charge in [0.2, 0.25) is 0 Å². The Morgan fingerprint density at radius 1 is 1.23 bits per heavy atom. The number of urea groups is 1. The molecule has 124 valence electrons. The second-order valence-corrected chi connectivity index (χ2v) is 8.15. The molecule has 0 aliphatic carbocycles. The number of sulfone groups is 1. The van der Waals surface area contributed by atoms with Gasteiger partial charge in [-0.2, -0.15) is 0 Å². The van der Waals surface area contributed by atoms with Crippen molar-refractivity contribution in [2.75, 3.05) is 12.0 Å². The summed E-state index contributed by atoms with van der Waals surface area (Å²) in [5.74, 6) is 0.0584. The van der Waals surface area contributed by atoms with Crippen molar-refractivity contribution in [3.05, 3.63) is 34.9 Å². The minimum Gasteiger partial charge on any atom is -0.336 e. The van der Waals surface area contributed by atoms with E-state index in [9.17, 15) is 13.2 Å². The van der Waals surface area contributed by atoms with Crippen molar-refractivity contribution in [2.24, 2.45) is 0 Å². The van der Waals surface area contributed by atoms with Crippen LogP contribution in [-0.4, -0.2) is 32.5 Å². The van der Waals surface area contributed by atoms with Gasteiger partial charge in [-0.25, -0.2) is 13.2 Å². The highest BCUT2D eigenvalue weighted by atomic mass is 35.5. The second-order valence-electron chi connectivity index (χ2n) is 5.45. The Hall–Kier alpha value is -1.27. The Balaban J connectivity index is 2.53. The van der Waals surface area contributed by atoms with E-state index in [4.69, 9.17) is 11.6 Å². The van der Waals surface area contributed by atoms with Crippen molar-refractivity contribution < 1.29 is 13.2 Å². The van der Waals surface area contributed by atoms with Crippen LogP contribution in [-0.2, 0) is 9.84 Å². The first kappa shape index (κ1) is 18.8. The standard InChI is InChI=1S/C15H23ClN2O3S/c1-4-14(12-5-7-13(16)8-6-12)18-15(19)17-11(2)9-10-22(3,20)21/h5-8,11,14H,4,9-10H2,1-3H3,(H2,17,18,19)/t11-,14-/m0/s1. The Kier molecular flexibility index (Phi) is 7.16. The zero-order valence-corrected chi connectivity index (χ0v) is 14.7. The molecule has 0 radical (unpaired) electrons. The zero-order valence-electron chi connectivity index (χ0n) is 13.1. The van der Waals surface area contributed by atoms with E-state index in [1.165, 1.54) is 6.26 Å². The SMILES string of the molecule is CC[C@H](NC(=O)N[C@@H](C)CCS(C)(=O)=O)c1ccc(Cl)cc1. The van der Waals surface area contributed by atoms with Gasteiger partial charge in [0, 0.05) is 17.3 Å². The van der Waals surface area contributed by atoms with Crippen molar-refractivity contribution in [1.29, 1.82) is 0 Å². The summed E-state index contributed by atoms with van der Waals surface area (Å²) >= 11 is 5.86. The summed E-state index contributed by atoms with van der Waals surface area (Å²) in [6.45, 7) is 3.76. The molecule has 7 heteroatoms. The molecule has 0 bridgehead atoms. The third-order valence-electron chi connectivity index (χ3n) is 3.29. The number of carbonyl (C=O) groups is 1. The zero-order chi connectivity index (χ0) is 16.8. The maximum absolute atomic E-state index is 12.0. The van der Waals surface area contributed by atoms with Crippen LogP contribution in [0.15, 0.2) is 24.3 Å². The molecule has 0 fully saturated rings. The van der Waals surface area contributed by atoms with Gasteiger partial charge in [-0.1, -0.05) is 30.7 Å². The summed E-state index contributed by atoms with van der Waals surface area (Å²) in [4.78, 5) is 12.0. The molecule has 0 spiro atoms. The van der Waals surface area contributed by atoms with E-state index in [2.05, 4.69) is 10.6 Å². The maximum Gasteiger partial charge on any atom is 0.315 e. The number of halogens is 1. The van der Waals surface area contributed by atoms with E-state index in [-0.39, 0.29) is 23.9 Å².